The average Bonchev–Trinajstić information content (AvgIpc) is 2.94. The number of amides is 2. The van der Waals surface area contributed by atoms with Crippen molar-refractivity contribution in [2.45, 2.75) is 20.3 Å². The number of aryl methyl sites for hydroxylation is 1. The van der Waals surface area contributed by atoms with Gasteiger partial charge in [0.1, 0.15) is 5.00 Å². The molecule has 0 saturated heterocycles. The van der Waals surface area contributed by atoms with Crippen molar-refractivity contribution in [2.75, 3.05) is 17.2 Å². The second kappa shape index (κ2) is 8.37. The monoisotopic (exact) mass is 386 g/mol. The van der Waals surface area contributed by atoms with Crippen molar-refractivity contribution in [2.24, 2.45) is 0 Å². The lowest BCUT2D eigenvalue weighted by Gasteiger charge is -2.08. The Morgan fingerprint density at radius 1 is 1.12 bits per heavy atom. The van der Waals surface area contributed by atoms with Gasteiger partial charge in [-0.1, -0.05) is 30.1 Å². The number of carbonyl (C=O) groups excluding carboxylic acids is 2. The summed E-state index contributed by atoms with van der Waals surface area (Å²) in [5.41, 5.74) is 0.842. The second-order valence-corrected chi connectivity index (χ2v) is 6.69. The predicted octanol–water partition coefficient (Wildman–Crippen LogP) is 5.44. The van der Waals surface area contributed by atoms with E-state index in [0.717, 1.165) is 11.3 Å². The summed E-state index contributed by atoms with van der Waals surface area (Å²) in [7, 11) is 0. The fraction of sp³-hybridized carbons (Fsp3) is 0.250. The summed E-state index contributed by atoms with van der Waals surface area (Å²) in [6.45, 7) is 3.97. The van der Waals surface area contributed by atoms with Gasteiger partial charge in [0, 0.05) is 10.6 Å². The number of nitrogens with one attached hydrogen (secondary N) is 2. The van der Waals surface area contributed by atoms with Crippen LogP contribution in [0.5, 0.6) is 0 Å². The van der Waals surface area contributed by atoms with Gasteiger partial charge in [-0.15, -0.1) is 11.3 Å². The molecule has 0 aliphatic carbocycles. The molecule has 0 atom stereocenters. The topological polar surface area (TPSA) is 67.4 Å². The van der Waals surface area contributed by atoms with E-state index in [1.807, 2.05) is 6.92 Å². The third-order valence-electron chi connectivity index (χ3n) is 3.03. The van der Waals surface area contributed by atoms with Gasteiger partial charge in [-0.3, -0.25) is 5.32 Å². The Balaban J connectivity index is 2.14. The van der Waals surface area contributed by atoms with Crippen LogP contribution in [0.1, 0.15) is 29.1 Å². The van der Waals surface area contributed by atoms with Gasteiger partial charge in [-0.05, 0) is 37.6 Å². The number of esters is 1. The SMILES string of the molecule is CCOC(=O)c1cc(CC)sc1NC(=O)Nc1ccc(Cl)c(Cl)c1. The standard InChI is InChI=1S/C16H16Cl2N2O3S/c1-3-10-8-11(15(21)23-4-2)14(24-10)20-16(22)19-9-5-6-12(17)13(18)7-9/h5-8H,3-4H2,1-2H3,(H2,19,20,22). The Morgan fingerprint density at radius 3 is 2.50 bits per heavy atom. The number of carbonyl (C=O) groups is 2. The molecular formula is C16H16Cl2N2O3S. The minimum atomic E-state index is -0.483. The lowest BCUT2D eigenvalue weighted by atomic mass is 10.2. The summed E-state index contributed by atoms with van der Waals surface area (Å²) in [6.07, 6.45) is 0.757. The molecule has 0 fully saturated rings. The molecule has 0 aliphatic heterocycles. The average molecular weight is 387 g/mol. The molecule has 1 heterocycles. The Hall–Kier alpha value is -1.76. The number of anilines is 2. The molecule has 2 N–H and O–H groups in total. The predicted molar refractivity (Wildman–Crippen MR) is 98.8 cm³/mol. The second-order valence-electron chi connectivity index (χ2n) is 4.74. The van der Waals surface area contributed by atoms with E-state index in [1.165, 1.54) is 11.3 Å². The van der Waals surface area contributed by atoms with Crippen molar-refractivity contribution < 1.29 is 14.3 Å². The van der Waals surface area contributed by atoms with E-state index in [2.05, 4.69) is 10.6 Å². The van der Waals surface area contributed by atoms with E-state index in [4.69, 9.17) is 27.9 Å². The number of thiophene rings is 1. The largest absolute Gasteiger partial charge is 0.462 e. The molecule has 1 aromatic heterocycles. The van der Waals surface area contributed by atoms with Gasteiger partial charge in [-0.25, -0.2) is 9.59 Å². The molecule has 0 saturated carbocycles. The summed E-state index contributed by atoms with van der Waals surface area (Å²) in [6, 6.07) is 6.01. The Kier molecular flexibility index (Phi) is 6.48. The van der Waals surface area contributed by atoms with Crippen molar-refractivity contribution in [1.82, 2.24) is 0 Å². The molecule has 24 heavy (non-hydrogen) atoms. The van der Waals surface area contributed by atoms with E-state index in [1.54, 1.807) is 31.2 Å². The first-order chi connectivity index (χ1) is 11.4. The van der Waals surface area contributed by atoms with Crippen LogP contribution in [0.4, 0.5) is 15.5 Å². The Bertz CT molecular complexity index is 762. The molecule has 0 unspecified atom stereocenters. The summed E-state index contributed by atoms with van der Waals surface area (Å²) < 4.78 is 5.02. The highest BCUT2D eigenvalue weighted by Crippen LogP contribution is 2.30. The zero-order chi connectivity index (χ0) is 17.7. The lowest BCUT2D eigenvalue weighted by Crippen LogP contribution is -2.20. The molecule has 0 aliphatic rings. The molecule has 0 radical (unpaired) electrons. The zero-order valence-electron chi connectivity index (χ0n) is 13.1. The van der Waals surface area contributed by atoms with Crippen LogP contribution in [0.15, 0.2) is 24.3 Å². The third-order valence-corrected chi connectivity index (χ3v) is 4.97. The fourth-order valence-electron chi connectivity index (χ4n) is 1.91. The van der Waals surface area contributed by atoms with E-state index >= 15 is 0 Å². The molecule has 0 bridgehead atoms. The van der Waals surface area contributed by atoms with Crippen molar-refractivity contribution in [3.63, 3.8) is 0 Å². The molecule has 0 spiro atoms. The molecule has 2 amide bonds. The molecule has 2 rings (SSSR count). The third kappa shape index (κ3) is 4.63. The van der Waals surface area contributed by atoms with Crippen LogP contribution in [0.3, 0.4) is 0 Å². The highest BCUT2D eigenvalue weighted by atomic mass is 35.5. The number of rotatable bonds is 5. The molecule has 1 aromatic carbocycles. The number of hydrogen-bond acceptors (Lipinski definition) is 4. The van der Waals surface area contributed by atoms with Crippen molar-refractivity contribution in [1.29, 1.82) is 0 Å². The highest BCUT2D eigenvalue weighted by Gasteiger charge is 2.18. The number of urea groups is 1. The summed E-state index contributed by atoms with van der Waals surface area (Å²) >= 11 is 13.1. The summed E-state index contributed by atoms with van der Waals surface area (Å²) in [5.74, 6) is -0.460. The lowest BCUT2D eigenvalue weighted by molar-refractivity contribution is 0.0528. The van der Waals surface area contributed by atoms with Gasteiger partial charge in [0.15, 0.2) is 0 Å². The highest BCUT2D eigenvalue weighted by molar-refractivity contribution is 7.16. The maximum absolute atomic E-state index is 12.2. The molecule has 2 aromatic rings. The molecule has 128 valence electrons. The van der Waals surface area contributed by atoms with Crippen LogP contribution in [0, 0.1) is 0 Å². The van der Waals surface area contributed by atoms with E-state index in [0.29, 0.717) is 26.3 Å². The fourth-order valence-corrected chi connectivity index (χ4v) is 3.19. The van der Waals surface area contributed by atoms with E-state index in [9.17, 15) is 9.59 Å². The number of halogens is 2. The van der Waals surface area contributed by atoms with Crippen LogP contribution < -0.4 is 10.6 Å². The van der Waals surface area contributed by atoms with Gasteiger partial charge < -0.3 is 10.1 Å². The normalized spacial score (nSPS) is 10.3. The first-order valence-electron chi connectivity index (χ1n) is 7.27. The summed E-state index contributed by atoms with van der Waals surface area (Å²) in [4.78, 5) is 25.1. The van der Waals surface area contributed by atoms with Gasteiger partial charge in [-0.2, -0.15) is 0 Å². The summed E-state index contributed by atoms with van der Waals surface area (Å²) in [5, 5.41) is 6.51. The van der Waals surface area contributed by atoms with Crippen molar-refractivity contribution in [3.8, 4) is 0 Å². The van der Waals surface area contributed by atoms with E-state index < -0.39 is 12.0 Å². The smallest absolute Gasteiger partial charge is 0.341 e. The van der Waals surface area contributed by atoms with Crippen LogP contribution in [-0.2, 0) is 11.2 Å². The van der Waals surface area contributed by atoms with Crippen LogP contribution >= 0.6 is 34.5 Å². The Labute approximate surface area is 153 Å². The van der Waals surface area contributed by atoms with Gasteiger partial charge in [0.25, 0.3) is 0 Å². The maximum Gasteiger partial charge on any atom is 0.341 e. The molecule has 5 nitrogen and oxygen atoms in total. The quantitative estimate of drug-likeness (QED) is 0.672. The first-order valence-corrected chi connectivity index (χ1v) is 8.84. The minimum Gasteiger partial charge on any atom is -0.462 e. The van der Waals surface area contributed by atoms with Gasteiger partial charge >= 0.3 is 12.0 Å². The number of ether oxygens (including phenoxy) is 1. The number of benzene rings is 1. The van der Waals surface area contributed by atoms with Crippen LogP contribution in [0.2, 0.25) is 10.0 Å². The zero-order valence-corrected chi connectivity index (χ0v) is 15.4. The van der Waals surface area contributed by atoms with Gasteiger partial charge in [0.05, 0.1) is 22.2 Å². The molecule has 8 heteroatoms. The van der Waals surface area contributed by atoms with Crippen LogP contribution in [0.25, 0.3) is 0 Å². The van der Waals surface area contributed by atoms with Gasteiger partial charge in [0.2, 0.25) is 0 Å². The van der Waals surface area contributed by atoms with E-state index in [-0.39, 0.29) is 6.61 Å². The van der Waals surface area contributed by atoms with Crippen LogP contribution in [-0.4, -0.2) is 18.6 Å². The first kappa shape index (κ1) is 18.6. The number of hydrogen-bond donors (Lipinski definition) is 2. The van der Waals surface area contributed by atoms with Crippen molar-refractivity contribution >= 4 is 57.2 Å². The van der Waals surface area contributed by atoms with Crippen molar-refractivity contribution in [3.05, 3.63) is 44.8 Å². The Morgan fingerprint density at radius 2 is 1.88 bits per heavy atom. The molecular weight excluding hydrogens is 371 g/mol. The maximum atomic E-state index is 12.2. The minimum absolute atomic E-state index is 0.269.